The average Bonchev–Trinajstić information content (AvgIpc) is 2.33. The van der Waals surface area contributed by atoms with E-state index in [1.807, 2.05) is 13.8 Å². The first-order valence-corrected chi connectivity index (χ1v) is 6.39. The molecule has 6 heteroatoms. The number of hydrogen-bond acceptors (Lipinski definition) is 6. The summed E-state index contributed by atoms with van der Waals surface area (Å²) < 4.78 is 10.9. The number of unbranched alkanes of at least 4 members (excludes halogenated alkanes) is 2. The minimum atomic E-state index is 0.0186. The van der Waals surface area contributed by atoms with E-state index < -0.39 is 0 Å². The summed E-state index contributed by atoms with van der Waals surface area (Å²) in [5, 5.41) is 2.86. The maximum Gasteiger partial charge on any atom is 0.324 e. The first-order chi connectivity index (χ1) is 8.65. The minimum absolute atomic E-state index is 0.0186. The van der Waals surface area contributed by atoms with Crippen molar-refractivity contribution < 1.29 is 9.47 Å². The van der Waals surface area contributed by atoms with Gasteiger partial charge in [-0.05, 0) is 20.3 Å². The summed E-state index contributed by atoms with van der Waals surface area (Å²) in [4.78, 5) is 12.3. The van der Waals surface area contributed by atoms with Gasteiger partial charge in [-0.25, -0.2) is 0 Å². The van der Waals surface area contributed by atoms with E-state index in [4.69, 9.17) is 9.47 Å². The molecule has 0 spiro atoms. The lowest BCUT2D eigenvalue weighted by molar-refractivity contribution is 0.212. The zero-order valence-electron chi connectivity index (χ0n) is 11.6. The zero-order chi connectivity index (χ0) is 13.4. The Morgan fingerprint density at radius 2 is 1.83 bits per heavy atom. The number of nitrogens with one attached hydrogen (secondary N) is 1. The molecule has 0 aliphatic carbocycles. The fraction of sp³-hybridized carbons (Fsp3) is 0.750. The molecule has 0 amide bonds. The van der Waals surface area contributed by atoms with Gasteiger partial charge in [0.15, 0.2) is 0 Å². The Morgan fingerprint density at radius 1 is 1.11 bits per heavy atom. The molecule has 0 saturated heterocycles. The van der Waals surface area contributed by atoms with Gasteiger partial charge in [0.2, 0.25) is 5.95 Å². The predicted octanol–water partition coefficient (Wildman–Crippen LogP) is 2.27. The highest BCUT2D eigenvalue weighted by molar-refractivity contribution is 5.26. The molecule has 0 bridgehead atoms. The van der Waals surface area contributed by atoms with Crippen LogP contribution in [-0.4, -0.2) is 34.7 Å². The molecule has 0 atom stereocenters. The van der Waals surface area contributed by atoms with E-state index in [2.05, 4.69) is 27.2 Å². The third-order valence-corrected chi connectivity index (χ3v) is 2.14. The molecular formula is C12H22N4O2. The maximum atomic E-state index is 5.49. The van der Waals surface area contributed by atoms with Gasteiger partial charge < -0.3 is 14.8 Å². The number of hydrogen-bond donors (Lipinski definition) is 1. The van der Waals surface area contributed by atoms with Crippen molar-refractivity contribution in [1.82, 2.24) is 15.0 Å². The first-order valence-electron chi connectivity index (χ1n) is 6.39. The molecule has 1 aromatic heterocycles. The highest BCUT2D eigenvalue weighted by atomic mass is 16.5. The Morgan fingerprint density at radius 3 is 2.44 bits per heavy atom. The Balaban J connectivity index is 2.64. The monoisotopic (exact) mass is 254 g/mol. The molecule has 0 aliphatic heterocycles. The largest absolute Gasteiger partial charge is 0.463 e. The van der Waals surface area contributed by atoms with E-state index in [1.165, 1.54) is 0 Å². The van der Waals surface area contributed by atoms with Gasteiger partial charge in [0.25, 0.3) is 0 Å². The minimum Gasteiger partial charge on any atom is -0.463 e. The van der Waals surface area contributed by atoms with Crippen LogP contribution in [-0.2, 0) is 0 Å². The summed E-state index contributed by atoms with van der Waals surface area (Å²) in [6, 6.07) is 0.593. The first kappa shape index (κ1) is 14.5. The van der Waals surface area contributed by atoms with Crippen molar-refractivity contribution in [2.24, 2.45) is 0 Å². The van der Waals surface area contributed by atoms with Gasteiger partial charge in [0.05, 0.1) is 12.7 Å². The predicted molar refractivity (Wildman–Crippen MR) is 70.2 cm³/mol. The Kier molecular flexibility index (Phi) is 6.18. The van der Waals surface area contributed by atoms with Crippen LogP contribution in [0.3, 0.4) is 0 Å². The summed E-state index contributed by atoms with van der Waals surface area (Å²) in [5.41, 5.74) is 0. The molecular weight excluding hydrogens is 232 g/mol. The highest BCUT2D eigenvalue weighted by Gasteiger charge is 2.08. The molecule has 0 unspecified atom stereocenters. The second kappa shape index (κ2) is 7.68. The number of anilines is 1. The summed E-state index contributed by atoms with van der Waals surface area (Å²) >= 11 is 0. The van der Waals surface area contributed by atoms with Gasteiger partial charge in [-0.1, -0.05) is 19.8 Å². The third kappa shape index (κ3) is 5.16. The van der Waals surface area contributed by atoms with Crippen LogP contribution in [0.15, 0.2) is 0 Å². The molecule has 0 aromatic carbocycles. The molecule has 102 valence electrons. The average molecular weight is 254 g/mol. The topological polar surface area (TPSA) is 69.2 Å². The van der Waals surface area contributed by atoms with Crippen LogP contribution in [0.5, 0.6) is 12.0 Å². The summed E-state index contributed by atoms with van der Waals surface area (Å²) in [6.45, 7) is 6.61. The van der Waals surface area contributed by atoms with Crippen molar-refractivity contribution in [1.29, 1.82) is 0 Å². The summed E-state index contributed by atoms with van der Waals surface area (Å²) in [5.74, 6) is 0.450. The zero-order valence-corrected chi connectivity index (χ0v) is 11.6. The number of rotatable bonds is 8. The van der Waals surface area contributed by atoms with Crippen molar-refractivity contribution >= 4 is 5.95 Å². The van der Waals surface area contributed by atoms with Crippen molar-refractivity contribution in [3.05, 3.63) is 0 Å². The number of nitrogens with zero attached hydrogens (tertiary/aromatic N) is 3. The summed E-state index contributed by atoms with van der Waals surface area (Å²) in [6.07, 6.45) is 3.31. The third-order valence-electron chi connectivity index (χ3n) is 2.14. The van der Waals surface area contributed by atoms with E-state index in [1.54, 1.807) is 7.05 Å². The highest BCUT2D eigenvalue weighted by Crippen LogP contribution is 2.14. The molecule has 6 nitrogen and oxygen atoms in total. The number of aromatic nitrogens is 3. The standard InChI is InChI=1S/C12H22N4O2/c1-5-6-7-8-17-11-14-10(13-4)15-12(16-11)18-9(2)3/h9H,5-8H2,1-4H3,(H,13,14,15,16). The lowest BCUT2D eigenvalue weighted by atomic mass is 10.3. The fourth-order valence-electron chi connectivity index (χ4n) is 1.29. The van der Waals surface area contributed by atoms with Crippen LogP contribution >= 0.6 is 0 Å². The second-order valence-corrected chi connectivity index (χ2v) is 4.20. The van der Waals surface area contributed by atoms with Crippen molar-refractivity contribution in [3.63, 3.8) is 0 Å². The normalized spacial score (nSPS) is 10.5. The van der Waals surface area contributed by atoms with Crippen LogP contribution in [0, 0.1) is 0 Å². The Bertz CT molecular complexity index is 358. The Labute approximate surface area is 108 Å². The van der Waals surface area contributed by atoms with Crippen molar-refractivity contribution in [2.75, 3.05) is 19.0 Å². The molecule has 1 heterocycles. The quantitative estimate of drug-likeness (QED) is 0.718. The fourth-order valence-corrected chi connectivity index (χ4v) is 1.29. The molecule has 1 N–H and O–H groups in total. The van der Waals surface area contributed by atoms with Gasteiger partial charge in [-0.2, -0.15) is 9.97 Å². The van der Waals surface area contributed by atoms with Crippen LogP contribution < -0.4 is 14.8 Å². The van der Waals surface area contributed by atoms with Gasteiger partial charge >= 0.3 is 12.0 Å². The molecule has 0 saturated carbocycles. The second-order valence-electron chi connectivity index (χ2n) is 4.20. The molecule has 0 fully saturated rings. The molecule has 18 heavy (non-hydrogen) atoms. The van der Waals surface area contributed by atoms with Gasteiger partial charge in [0, 0.05) is 7.05 Å². The van der Waals surface area contributed by atoms with E-state index in [0.29, 0.717) is 18.6 Å². The smallest absolute Gasteiger partial charge is 0.324 e. The van der Waals surface area contributed by atoms with Gasteiger partial charge in [0.1, 0.15) is 0 Å². The van der Waals surface area contributed by atoms with Crippen LogP contribution in [0.1, 0.15) is 40.0 Å². The lowest BCUT2D eigenvalue weighted by Crippen LogP contribution is -2.12. The van der Waals surface area contributed by atoms with E-state index >= 15 is 0 Å². The SMILES string of the molecule is CCCCCOc1nc(NC)nc(OC(C)C)n1. The van der Waals surface area contributed by atoms with E-state index in [0.717, 1.165) is 19.3 Å². The molecule has 1 rings (SSSR count). The van der Waals surface area contributed by atoms with Gasteiger partial charge in [-0.15, -0.1) is 4.98 Å². The van der Waals surface area contributed by atoms with Gasteiger partial charge in [-0.3, -0.25) is 0 Å². The molecule has 0 radical (unpaired) electrons. The van der Waals surface area contributed by atoms with Crippen LogP contribution in [0.2, 0.25) is 0 Å². The number of ether oxygens (including phenoxy) is 2. The lowest BCUT2D eigenvalue weighted by Gasteiger charge is -2.10. The van der Waals surface area contributed by atoms with E-state index in [-0.39, 0.29) is 12.1 Å². The van der Waals surface area contributed by atoms with Crippen LogP contribution in [0.25, 0.3) is 0 Å². The summed E-state index contributed by atoms with van der Waals surface area (Å²) in [7, 11) is 1.75. The van der Waals surface area contributed by atoms with E-state index in [9.17, 15) is 0 Å². The van der Waals surface area contributed by atoms with Crippen molar-refractivity contribution in [3.8, 4) is 12.0 Å². The Hall–Kier alpha value is -1.59. The molecule has 0 aliphatic rings. The molecule has 1 aromatic rings. The van der Waals surface area contributed by atoms with Crippen LogP contribution in [0.4, 0.5) is 5.95 Å². The van der Waals surface area contributed by atoms with Crippen molar-refractivity contribution in [2.45, 2.75) is 46.1 Å². The maximum absolute atomic E-state index is 5.49.